The summed E-state index contributed by atoms with van der Waals surface area (Å²) in [5.41, 5.74) is 0. The molecule has 5 heteroatoms. The van der Waals surface area contributed by atoms with Crippen LogP contribution in [0.25, 0.3) is 0 Å². The Kier molecular flexibility index (Phi) is 44.4. The molecule has 0 aromatic heterocycles. The first-order chi connectivity index (χ1) is 26.6. The van der Waals surface area contributed by atoms with E-state index < -0.39 is 6.10 Å². The van der Waals surface area contributed by atoms with Crippen molar-refractivity contribution < 1.29 is 24.2 Å². The number of allylic oxidation sites excluding steroid dienone is 4. The molecule has 318 valence electrons. The van der Waals surface area contributed by atoms with E-state index in [1.54, 1.807) is 0 Å². The van der Waals surface area contributed by atoms with Gasteiger partial charge in [0.15, 0.2) is 6.10 Å². The maximum atomic E-state index is 12.2. The zero-order valence-corrected chi connectivity index (χ0v) is 36.3. The number of hydrogen-bond donors (Lipinski definition) is 1. The molecule has 0 amide bonds. The Morgan fingerprint density at radius 3 is 1.06 bits per heavy atom. The fourth-order valence-corrected chi connectivity index (χ4v) is 7.06. The third kappa shape index (κ3) is 43.1. The Balaban J connectivity index is 3.41. The van der Waals surface area contributed by atoms with Crippen molar-refractivity contribution in [3.8, 4) is 0 Å². The number of unbranched alkanes of at least 4 members (excludes halogenated alkanes) is 32. The Labute approximate surface area is 336 Å². The monoisotopic (exact) mass is 761 g/mol. The minimum Gasteiger partial charge on any atom is -0.462 e. The van der Waals surface area contributed by atoms with E-state index >= 15 is 0 Å². The summed E-state index contributed by atoms with van der Waals surface area (Å²) in [4.78, 5) is 24.3. The maximum Gasteiger partial charge on any atom is 0.306 e. The van der Waals surface area contributed by atoms with Crippen molar-refractivity contribution in [2.45, 2.75) is 264 Å². The Morgan fingerprint density at radius 2 is 0.704 bits per heavy atom. The first kappa shape index (κ1) is 52.4. The van der Waals surface area contributed by atoms with Gasteiger partial charge in [0.05, 0.1) is 6.61 Å². The molecule has 5 nitrogen and oxygen atoms in total. The normalized spacial score (nSPS) is 12.3. The second-order valence-electron chi connectivity index (χ2n) is 16.2. The van der Waals surface area contributed by atoms with Crippen LogP contribution in [0.5, 0.6) is 0 Å². The molecule has 0 heterocycles. The summed E-state index contributed by atoms with van der Waals surface area (Å²) in [6.07, 6.45) is 55.7. The van der Waals surface area contributed by atoms with E-state index in [1.165, 1.54) is 186 Å². The molecule has 0 saturated carbocycles. The molecule has 0 radical (unpaired) electrons. The van der Waals surface area contributed by atoms with Crippen LogP contribution in [0.2, 0.25) is 0 Å². The van der Waals surface area contributed by atoms with Gasteiger partial charge in [-0.1, -0.05) is 212 Å². The molecule has 0 aliphatic carbocycles. The first-order valence-electron chi connectivity index (χ1n) is 23.9. The van der Waals surface area contributed by atoms with Crippen molar-refractivity contribution in [2.75, 3.05) is 13.2 Å². The Bertz CT molecular complexity index is 821. The highest BCUT2D eigenvalue weighted by atomic mass is 16.6. The zero-order valence-electron chi connectivity index (χ0n) is 36.3. The predicted molar refractivity (Wildman–Crippen MR) is 233 cm³/mol. The largest absolute Gasteiger partial charge is 0.462 e. The lowest BCUT2D eigenvalue weighted by atomic mass is 10.0. The lowest BCUT2D eigenvalue weighted by Gasteiger charge is -2.15. The summed E-state index contributed by atoms with van der Waals surface area (Å²) in [6.45, 7) is 4.11. The predicted octanol–water partition coefficient (Wildman–Crippen LogP) is 15.4. The van der Waals surface area contributed by atoms with Crippen LogP contribution in [0.15, 0.2) is 24.3 Å². The number of carbonyl (C=O) groups is 2. The van der Waals surface area contributed by atoms with Crippen LogP contribution in [0.1, 0.15) is 258 Å². The van der Waals surface area contributed by atoms with Crippen LogP contribution in [-0.4, -0.2) is 36.4 Å². The van der Waals surface area contributed by atoms with Gasteiger partial charge in [0, 0.05) is 12.8 Å². The smallest absolute Gasteiger partial charge is 0.306 e. The van der Waals surface area contributed by atoms with Gasteiger partial charge in [-0.3, -0.25) is 9.59 Å². The fourth-order valence-electron chi connectivity index (χ4n) is 7.06. The van der Waals surface area contributed by atoms with Gasteiger partial charge in [0.25, 0.3) is 0 Å². The topological polar surface area (TPSA) is 72.8 Å². The van der Waals surface area contributed by atoms with Crippen molar-refractivity contribution in [2.24, 2.45) is 0 Å². The molecule has 0 spiro atoms. The molecule has 0 fully saturated rings. The molecule has 1 atom stereocenters. The van der Waals surface area contributed by atoms with Crippen molar-refractivity contribution in [3.05, 3.63) is 24.3 Å². The van der Waals surface area contributed by atoms with Gasteiger partial charge in [0.1, 0.15) is 6.61 Å². The summed E-state index contributed by atoms with van der Waals surface area (Å²) in [6, 6.07) is 0. The molecule has 0 saturated heterocycles. The molecular weight excluding hydrogens is 669 g/mol. The van der Waals surface area contributed by atoms with E-state index in [0.717, 1.165) is 44.9 Å². The minimum atomic E-state index is -0.770. The average Bonchev–Trinajstić information content (AvgIpc) is 3.17. The molecule has 0 aliphatic rings. The van der Waals surface area contributed by atoms with Crippen molar-refractivity contribution in [1.82, 2.24) is 0 Å². The third-order valence-electron chi connectivity index (χ3n) is 10.7. The third-order valence-corrected chi connectivity index (χ3v) is 10.7. The molecule has 0 aromatic carbocycles. The van der Waals surface area contributed by atoms with Gasteiger partial charge < -0.3 is 14.6 Å². The second-order valence-corrected chi connectivity index (χ2v) is 16.2. The van der Waals surface area contributed by atoms with Crippen LogP contribution in [-0.2, 0) is 19.1 Å². The van der Waals surface area contributed by atoms with Gasteiger partial charge in [-0.2, -0.15) is 0 Å². The number of aliphatic hydroxyl groups excluding tert-OH is 1. The van der Waals surface area contributed by atoms with Crippen molar-refractivity contribution in [3.63, 3.8) is 0 Å². The Morgan fingerprint density at radius 1 is 0.407 bits per heavy atom. The van der Waals surface area contributed by atoms with Gasteiger partial charge in [-0.05, 0) is 57.8 Å². The highest BCUT2D eigenvalue weighted by Gasteiger charge is 2.16. The van der Waals surface area contributed by atoms with E-state index in [9.17, 15) is 14.7 Å². The van der Waals surface area contributed by atoms with E-state index in [0.29, 0.717) is 12.8 Å². The quantitative estimate of drug-likeness (QED) is 0.0380. The number of carbonyl (C=O) groups excluding carboxylic acids is 2. The molecule has 1 N–H and O–H groups in total. The van der Waals surface area contributed by atoms with E-state index in [1.807, 2.05) is 0 Å². The number of esters is 2. The van der Waals surface area contributed by atoms with Gasteiger partial charge >= 0.3 is 11.9 Å². The van der Waals surface area contributed by atoms with Gasteiger partial charge in [-0.25, -0.2) is 0 Å². The van der Waals surface area contributed by atoms with Crippen LogP contribution in [0.4, 0.5) is 0 Å². The summed E-state index contributed by atoms with van der Waals surface area (Å²) in [5.74, 6) is -0.592. The second kappa shape index (κ2) is 45.8. The van der Waals surface area contributed by atoms with E-state index in [-0.39, 0.29) is 25.2 Å². The molecule has 0 rings (SSSR count). The first-order valence-corrected chi connectivity index (χ1v) is 23.9. The Hall–Kier alpha value is -1.62. The average molecular weight is 761 g/mol. The summed E-state index contributed by atoms with van der Waals surface area (Å²) >= 11 is 0. The highest BCUT2D eigenvalue weighted by molar-refractivity contribution is 5.70. The van der Waals surface area contributed by atoms with Crippen molar-refractivity contribution >= 4 is 11.9 Å². The van der Waals surface area contributed by atoms with E-state index in [2.05, 4.69) is 38.2 Å². The fraction of sp³-hybridized carbons (Fsp3) is 0.878. The van der Waals surface area contributed by atoms with Crippen LogP contribution in [0.3, 0.4) is 0 Å². The number of ether oxygens (including phenoxy) is 2. The summed E-state index contributed by atoms with van der Waals surface area (Å²) in [7, 11) is 0. The van der Waals surface area contributed by atoms with Crippen molar-refractivity contribution in [1.29, 1.82) is 0 Å². The lowest BCUT2D eigenvalue weighted by molar-refractivity contribution is -0.161. The number of hydrogen-bond acceptors (Lipinski definition) is 5. The summed E-state index contributed by atoms with van der Waals surface area (Å²) in [5, 5.41) is 9.57. The standard InChI is InChI=1S/C49H92O5/c1-3-5-7-9-11-13-15-16-17-18-19-20-21-22-23-24-25-26-27-28-29-30-31-32-34-36-38-40-42-44-49(52)54-47(45-50)46-53-48(51)43-41-39-37-35-33-14-12-10-8-6-4-2/h10,12,18-19,47,50H,3-9,11,13-17,20-46H2,1-2H3/b12-10-,19-18-. The summed E-state index contributed by atoms with van der Waals surface area (Å²) < 4.78 is 10.6. The molecule has 0 aromatic rings. The van der Waals surface area contributed by atoms with Crippen LogP contribution >= 0.6 is 0 Å². The zero-order chi connectivity index (χ0) is 39.3. The van der Waals surface area contributed by atoms with Gasteiger partial charge in [0.2, 0.25) is 0 Å². The molecule has 0 bridgehead atoms. The lowest BCUT2D eigenvalue weighted by Crippen LogP contribution is -2.28. The van der Waals surface area contributed by atoms with E-state index in [4.69, 9.17) is 9.47 Å². The van der Waals surface area contributed by atoms with Gasteiger partial charge in [-0.15, -0.1) is 0 Å². The maximum absolute atomic E-state index is 12.2. The minimum absolute atomic E-state index is 0.0661. The molecule has 0 aliphatic heterocycles. The number of rotatable bonds is 44. The highest BCUT2D eigenvalue weighted by Crippen LogP contribution is 2.16. The molecule has 54 heavy (non-hydrogen) atoms. The SMILES string of the molecule is CCCC/C=C\CCCCCCCC(=O)OCC(CO)OC(=O)CCCCCCCCCCCCCCCCCCC/C=C\CCCCCCCCCC. The van der Waals surface area contributed by atoms with Crippen LogP contribution in [0, 0.1) is 0 Å². The molecular formula is C49H92O5. The number of aliphatic hydroxyl groups is 1. The molecule has 1 unspecified atom stereocenters. The van der Waals surface area contributed by atoms with Crippen LogP contribution < -0.4 is 0 Å².